The van der Waals surface area contributed by atoms with Crippen LogP contribution in [0.15, 0.2) is 0 Å². The van der Waals surface area contributed by atoms with Gasteiger partial charge in [0.2, 0.25) is 0 Å². The summed E-state index contributed by atoms with van der Waals surface area (Å²) in [6.07, 6.45) is 4.43. The Hall–Kier alpha value is 0.650. The van der Waals surface area contributed by atoms with Crippen LogP contribution >= 0.6 is 0 Å². The largest absolute Gasteiger partial charge is 1.00 e. The third-order valence-electron chi connectivity index (χ3n) is 4.45. The van der Waals surface area contributed by atoms with Crippen LogP contribution in [0.3, 0.4) is 0 Å². The second-order valence-electron chi connectivity index (χ2n) is 7.17. The maximum absolute atomic E-state index is 2.48. The first-order chi connectivity index (χ1) is 6.88. The van der Waals surface area contributed by atoms with Crippen molar-refractivity contribution in [1.29, 1.82) is 0 Å². The summed E-state index contributed by atoms with van der Waals surface area (Å²) in [6.45, 7) is 5.68. The van der Waals surface area contributed by atoms with Gasteiger partial charge in [0.15, 0.2) is 0 Å². The maximum atomic E-state index is 2.48. The molecule has 1 aliphatic heterocycles. The van der Waals surface area contributed by atoms with Crippen molar-refractivity contribution in [2.75, 3.05) is 54.4 Å². The number of halogens is 1. The summed E-state index contributed by atoms with van der Waals surface area (Å²) in [5.74, 6) is 2.19. The Morgan fingerprint density at radius 3 is 1.94 bits per heavy atom. The third kappa shape index (κ3) is 3.57. The molecule has 1 aliphatic carbocycles. The van der Waals surface area contributed by atoms with Gasteiger partial charge in [0.1, 0.15) is 0 Å². The number of fused-ring (bicyclic) bond motifs is 1. The zero-order chi connectivity index (χ0) is 11.1. The van der Waals surface area contributed by atoms with Gasteiger partial charge in [-0.25, -0.2) is 0 Å². The number of hydrogen-bond acceptors (Lipinski definition) is 0. The smallest absolute Gasteiger partial charge is 0.0839 e. The molecule has 0 amide bonds. The summed E-state index contributed by atoms with van der Waals surface area (Å²) < 4.78 is 2.49. The van der Waals surface area contributed by atoms with Gasteiger partial charge in [0.05, 0.1) is 54.4 Å². The lowest BCUT2D eigenvalue weighted by molar-refractivity contribution is -0.909. The Morgan fingerprint density at radius 2 is 1.56 bits per heavy atom. The van der Waals surface area contributed by atoms with Crippen molar-refractivity contribution in [3.63, 3.8) is 0 Å². The molecule has 2 rings (SSSR count). The monoisotopic (exact) mass is 339 g/mol. The van der Waals surface area contributed by atoms with Crippen LogP contribution in [-0.2, 0) is 0 Å². The number of nitrogens with zero attached hydrogens (tertiary/aromatic N) is 2. The molecular weight excluding hydrogens is 311 g/mol. The molecule has 1 saturated carbocycles. The van der Waals surface area contributed by atoms with Crippen LogP contribution in [0.4, 0.5) is 0 Å². The van der Waals surface area contributed by atoms with Crippen LogP contribution < -0.4 is 24.0 Å². The number of hydrogen-bond donors (Lipinski definition) is 0. The van der Waals surface area contributed by atoms with Gasteiger partial charge in [0.25, 0.3) is 0 Å². The van der Waals surface area contributed by atoms with Crippen LogP contribution in [0.5, 0.6) is 0 Å². The van der Waals surface area contributed by atoms with E-state index < -0.39 is 0 Å². The van der Waals surface area contributed by atoms with Crippen molar-refractivity contribution < 1.29 is 32.9 Å². The lowest BCUT2D eigenvalue weighted by atomic mass is 9.77. The molecule has 2 atom stereocenters. The van der Waals surface area contributed by atoms with E-state index in [4.69, 9.17) is 0 Å². The highest BCUT2D eigenvalue weighted by molar-refractivity contribution is 4.85. The van der Waals surface area contributed by atoms with Crippen LogP contribution in [-0.4, -0.2) is 63.3 Å². The lowest BCUT2D eigenvalue weighted by Crippen LogP contribution is -3.00. The van der Waals surface area contributed by atoms with Gasteiger partial charge in [0, 0.05) is 18.3 Å². The SMILES string of the molecule is C[N+](C)(C)CCC[N+]1(C)CC2CCC2C1.[I-]. The third-order valence-corrected chi connectivity index (χ3v) is 4.45. The Kier molecular flexibility index (Phi) is 4.69. The predicted octanol–water partition coefficient (Wildman–Crippen LogP) is -1.43. The molecular formula is C13H28IN2+. The Bertz CT molecular complexity index is 223. The highest BCUT2D eigenvalue weighted by atomic mass is 127. The molecule has 0 aromatic heterocycles. The van der Waals surface area contributed by atoms with Crippen molar-refractivity contribution >= 4 is 0 Å². The van der Waals surface area contributed by atoms with Crippen LogP contribution in [0, 0.1) is 11.8 Å². The van der Waals surface area contributed by atoms with Crippen molar-refractivity contribution in [3.8, 4) is 0 Å². The average molecular weight is 339 g/mol. The van der Waals surface area contributed by atoms with Gasteiger partial charge in [-0.15, -0.1) is 0 Å². The highest BCUT2D eigenvalue weighted by Crippen LogP contribution is 2.43. The van der Waals surface area contributed by atoms with Gasteiger partial charge >= 0.3 is 0 Å². The van der Waals surface area contributed by atoms with E-state index in [0.29, 0.717) is 0 Å². The number of likely N-dealkylation sites (tertiary alicyclic amines) is 1. The van der Waals surface area contributed by atoms with Crippen molar-refractivity contribution in [2.45, 2.75) is 19.3 Å². The summed E-state index contributed by atoms with van der Waals surface area (Å²) in [6, 6.07) is 0. The first-order valence-corrected chi connectivity index (χ1v) is 6.52. The van der Waals surface area contributed by atoms with Crippen molar-refractivity contribution in [3.05, 3.63) is 0 Å². The van der Waals surface area contributed by atoms with E-state index in [0.717, 1.165) is 16.3 Å². The molecule has 0 radical (unpaired) electrons. The molecule has 0 aromatic carbocycles. The second-order valence-corrected chi connectivity index (χ2v) is 7.17. The fraction of sp³-hybridized carbons (Fsp3) is 1.00. The number of rotatable bonds is 4. The molecule has 0 bridgehead atoms. The molecule has 0 spiro atoms. The van der Waals surface area contributed by atoms with Gasteiger partial charge in [-0.3, -0.25) is 0 Å². The minimum atomic E-state index is 0. The molecule has 0 aromatic rings. The fourth-order valence-corrected chi connectivity index (χ4v) is 3.43. The van der Waals surface area contributed by atoms with E-state index in [2.05, 4.69) is 28.2 Å². The van der Waals surface area contributed by atoms with E-state index in [1.165, 1.54) is 49.9 Å². The van der Waals surface area contributed by atoms with Crippen LogP contribution in [0.25, 0.3) is 0 Å². The molecule has 2 unspecified atom stereocenters. The fourth-order valence-electron chi connectivity index (χ4n) is 3.43. The molecule has 3 heteroatoms. The van der Waals surface area contributed by atoms with E-state index in [1.54, 1.807) is 0 Å². The molecule has 16 heavy (non-hydrogen) atoms. The zero-order valence-corrected chi connectivity index (χ0v) is 13.5. The molecule has 1 saturated heterocycles. The van der Waals surface area contributed by atoms with Gasteiger partial charge < -0.3 is 32.9 Å². The summed E-state index contributed by atoms with van der Waals surface area (Å²) >= 11 is 0. The number of quaternary nitrogens is 2. The minimum absolute atomic E-state index is 0. The Morgan fingerprint density at radius 1 is 1.06 bits per heavy atom. The van der Waals surface area contributed by atoms with E-state index in [1.807, 2.05) is 0 Å². The van der Waals surface area contributed by atoms with Gasteiger partial charge in [-0.2, -0.15) is 0 Å². The topological polar surface area (TPSA) is 0 Å². The second kappa shape index (κ2) is 5.11. The molecule has 2 aliphatic rings. The molecule has 96 valence electrons. The Labute approximate surface area is 118 Å². The van der Waals surface area contributed by atoms with Crippen molar-refractivity contribution in [1.82, 2.24) is 0 Å². The van der Waals surface area contributed by atoms with Crippen LogP contribution in [0.1, 0.15) is 19.3 Å². The van der Waals surface area contributed by atoms with E-state index in [9.17, 15) is 0 Å². The first-order valence-electron chi connectivity index (χ1n) is 6.52. The minimum Gasteiger partial charge on any atom is -1.00 e. The molecule has 1 heterocycles. The maximum Gasteiger partial charge on any atom is 0.0839 e. The van der Waals surface area contributed by atoms with E-state index >= 15 is 0 Å². The average Bonchev–Trinajstić information content (AvgIpc) is 2.27. The summed E-state index contributed by atoms with van der Waals surface area (Å²) in [5.41, 5.74) is 0. The standard InChI is InChI=1S/C13H28N2.HI/c1-14(2,3)8-5-9-15(4)10-12-6-7-13(12)11-15;/h12-13H,5-11H2,1-4H3;1H/q+2;/p-1. The van der Waals surface area contributed by atoms with Gasteiger partial charge in [-0.1, -0.05) is 0 Å². The zero-order valence-electron chi connectivity index (χ0n) is 11.4. The Balaban J connectivity index is 0.00000128. The molecule has 0 N–H and O–H groups in total. The van der Waals surface area contributed by atoms with Crippen molar-refractivity contribution in [2.24, 2.45) is 11.8 Å². The summed E-state index contributed by atoms with van der Waals surface area (Å²) in [4.78, 5) is 0. The quantitative estimate of drug-likeness (QED) is 0.435. The first kappa shape index (κ1) is 14.7. The summed E-state index contributed by atoms with van der Waals surface area (Å²) in [5, 5.41) is 0. The molecule has 2 fully saturated rings. The van der Waals surface area contributed by atoms with Crippen LogP contribution in [0.2, 0.25) is 0 Å². The normalized spacial score (nSPS) is 37.5. The molecule has 2 nitrogen and oxygen atoms in total. The summed E-state index contributed by atoms with van der Waals surface area (Å²) in [7, 11) is 9.38. The van der Waals surface area contributed by atoms with E-state index in [-0.39, 0.29) is 24.0 Å². The predicted molar refractivity (Wildman–Crippen MR) is 64.5 cm³/mol. The van der Waals surface area contributed by atoms with Gasteiger partial charge in [-0.05, 0) is 12.8 Å². The lowest BCUT2D eigenvalue weighted by Gasteiger charge is -2.31. The highest BCUT2D eigenvalue weighted by Gasteiger charge is 2.47.